The van der Waals surface area contributed by atoms with Gasteiger partial charge in [-0.25, -0.2) is 4.79 Å². The highest BCUT2D eigenvalue weighted by Gasteiger charge is 2.44. The van der Waals surface area contributed by atoms with Gasteiger partial charge in [0, 0.05) is 29.6 Å². The standard InChI is InChI=1S/C21H23N3O5/c1-13-5-7-16(8-6-13)24-14(2)20(26)23(21(24)27)12-19(25)22-15-9-17(28-3)11-18(10-15)29-4/h5-11,14H,12H2,1-4H3,(H,22,25). The summed E-state index contributed by atoms with van der Waals surface area (Å²) >= 11 is 0. The van der Waals surface area contributed by atoms with E-state index in [9.17, 15) is 14.4 Å². The van der Waals surface area contributed by atoms with Gasteiger partial charge in [0.05, 0.1) is 14.2 Å². The zero-order valence-corrected chi connectivity index (χ0v) is 16.8. The summed E-state index contributed by atoms with van der Waals surface area (Å²) in [5, 5.41) is 2.67. The number of hydrogen-bond donors (Lipinski definition) is 1. The Labute approximate surface area is 169 Å². The molecule has 1 fully saturated rings. The second-order valence-electron chi connectivity index (χ2n) is 6.74. The SMILES string of the molecule is COc1cc(NC(=O)CN2C(=O)C(C)N(c3ccc(C)cc3)C2=O)cc(OC)c1. The molecule has 1 aliphatic rings. The molecule has 1 atom stereocenters. The number of urea groups is 1. The van der Waals surface area contributed by atoms with Gasteiger partial charge in [0.15, 0.2) is 0 Å². The molecular weight excluding hydrogens is 374 g/mol. The molecule has 4 amide bonds. The highest BCUT2D eigenvalue weighted by molar-refractivity contribution is 6.16. The van der Waals surface area contributed by atoms with Gasteiger partial charge < -0.3 is 14.8 Å². The number of methoxy groups -OCH3 is 2. The second kappa shape index (κ2) is 8.22. The molecule has 1 N–H and O–H groups in total. The predicted octanol–water partition coefficient (Wildman–Crippen LogP) is 2.81. The van der Waals surface area contributed by atoms with E-state index in [4.69, 9.17) is 9.47 Å². The molecule has 0 spiro atoms. The van der Waals surface area contributed by atoms with Gasteiger partial charge in [0.1, 0.15) is 24.1 Å². The summed E-state index contributed by atoms with van der Waals surface area (Å²) in [6.07, 6.45) is 0. The highest BCUT2D eigenvalue weighted by atomic mass is 16.5. The zero-order chi connectivity index (χ0) is 21.1. The van der Waals surface area contributed by atoms with Crippen molar-refractivity contribution in [1.82, 2.24) is 4.90 Å². The van der Waals surface area contributed by atoms with Crippen molar-refractivity contribution in [2.75, 3.05) is 31.0 Å². The number of carbonyl (C=O) groups is 3. The first kappa shape index (κ1) is 20.2. The molecule has 2 aromatic rings. The average Bonchev–Trinajstić information content (AvgIpc) is 2.91. The van der Waals surface area contributed by atoms with E-state index in [2.05, 4.69) is 5.32 Å². The average molecular weight is 397 g/mol. The van der Waals surface area contributed by atoms with E-state index in [0.29, 0.717) is 22.9 Å². The fourth-order valence-corrected chi connectivity index (χ4v) is 3.13. The molecule has 29 heavy (non-hydrogen) atoms. The minimum Gasteiger partial charge on any atom is -0.497 e. The van der Waals surface area contributed by atoms with Crippen LogP contribution in [-0.2, 0) is 9.59 Å². The number of imide groups is 1. The number of anilines is 2. The molecule has 0 radical (unpaired) electrons. The number of hydrogen-bond acceptors (Lipinski definition) is 5. The second-order valence-corrected chi connectivity index (χ2v) is 6.74. The molecule has 1 unspecified atom stereocenters. The van der Waals surface area contributed by atoms with Crippen LogP contribution < -0.4 is 19.7 Å². The fraction of sp³-hybridized carbons (Fsp3) is 0.286. The number of nitrogens with one attached hydrogen (secondary N) is 1. The van der Waals surface area contributed by atoms with Gasteiger partial charge in [-0.2, -0.15) is 0 Å². The van der Waals surface area contributed by atoms with Crippen molar-refractivity contribution in [3.05, 3.63) is 48.0 Å². The van der Waals surface area contributed by atoms with E-state index >= 15 is 0 Å². The Balaban J connectivity index is 1.74. The van der Waals surface area contributed by atoms with Crippen LogP contribution in [-0.4, -0.2) is 49.6 Å². The van der Waals surface area contributed by atoms with Gasteiger partial charge in [-0.3, -0.25) is 19.4 Å². The Morgan fingerprint density at radius 2 is 1.62 bits per heavy atom. The smallest absolute Gasteiger partial charge is 0.332 e. The van der Waals surface area contributed by atoms with Crippen molar-refractivity contribution < 1.29 is 23.9 Å². The molecule has 0 aliphatic carbocycles. The topological polar surface area (TPSA) is 88.2 Å². The molecule has 8 heteroatoms. The van der Waals surface area contributed by atoms with Crippen LogP contribution >= 0.6 is 0 Å². The normalized spacial score (nSPS) is 16.2. The zero-order valence-electron chi connectivity index (χ0n) is 16.8. The van der Waals surface area contributed by atoms with Crippen LogP contribution in [0, 0.1) is 6.92 Å². The third kappa shape index (κ3) is 4.16. The molecule has 1 saturated heterocycles. The monoisotopic (exact) mass is 397 g/mol. The van der Waals surface area contributed by atoms with Crippen molar-refractivity contribution in [3.63, 3.8) is 0 Å². The lowest BCUT2D eigenvalue weighted by molar-refractivity contribution is -0.130. The van der Waals surface area contributed by atoms with Crippen LogP contribution in [0.5, 0.6) is 11.5 Å². The van der Waals surface area contributed by atoms with Crippen molar-refractivity contribution in [2.24, 2.45) is 0 Å². The number of carbonyl (C=O) groups excluding carboxylic acids is 3. The molecule has 1 aliphatic heterocycles. The van der Waals surface area contributed by atoms with E-state index in [1.807, 2.05) is 19.1 Å². The Kier molecular flexibility index (Phi) is 5.72. The quantitative estimate of drug-likeness (QED) is 0.758. The van der Waals surface area contributed by atoms with Crippen molar-refractivity contribution >= 4 is 29.2 Å². The summed E-state index contributed by atoms with van der Waals surface area (Å²) in [6, 6.07) is 11.0. The Morgan fingerprint density at radius 1 is 1.03 bits per heavy atom. The van der Waals surface area contributed by atoms with Gasteiger partial charge >= 0.3 is 6.03 Å². The lowest BCUT2D eigenvalue weighted by Gasteiger charge is -2.19. The molecule has 1 heterocycles. The van der Waals surface area contributed by atoms with Gasteiger partial charge in [-0.1, -0.05) is 17.7 Å². The van der Waals surface area contributed by atoms with Crippen LogP contribution in [0.15, 0.2) is 42.5 Å². The minimum atomic E-state index is -0.685. The summed E-state index contributed by atoms with van der Waals surface area (Å²) in [5.74, 6) is 0.0909. The van der Waals surface area contributed by atoms with Gasteiger partial charge in [-0.15, -0.1) is 0 Å². The fourth-order valence-electron chi connectivity index (χ4n) is 3.13. The lowest BCUT2D eigenvalue weighted by Crippen LogP contribution is -2.39. The maximum atomic E-state index is 12.8. The van der Waals surface area contributed by atoms with Crippen LogP contribution in [0.4, 0.5) is 16.2 Å². The largest absolute Gasteiger partial charge is 0.497 e. The minimum absolute atomic E-state index is 0.385. The number of ether oxygens (including phenoxy) is 2. The number of nitrogens with zero attached hydrogens (tertiary/aromatic N) is 2. The molecule has 3 rings (SSSR count). The van der Waals surface area contributed by atoms with Crippen molar-refractivity contribution in [1.29, 1.82) is 0 Å². The Bertz CT molecular complexity index is 920. The van der Waals surface area contributed by atoms with Gasteiger partial charge in [0.2, 0.25) is 5.91 Å². The van der Waals surface area contributed by atoms with E-state index < -0.39 is 23.9 Å². The van der Waals surface area contributed by atoms with Crippen LogP contribution in [0.3, 0.4) is 0 Å². The lowest BCUT2D eigenvalue weighted by atomic mass is 10.2. The molecule has 0 bridgehead atoms. The Hall–Kier alpha value is -3.55. The number of amides is 4. The first-order valence-electron chi connectivity index (χ1n) is 9.08. The van der Waals surface area contributed by atoms with Crippen LogP contribution in [0.25, 0.3) is 0 Å². The summed E-state index contributed by atoms with van der Waals surface area (Å²) < 4.78 is 10.4. The summed E-state index contributed by atoms with van der Waals surface area (Å²) in [7, 11) is 3.01. The third-order valence-corrected chi connectivity index (χ3v) is 4.70. The van der Waals surface area contributed by atoms with E-state index in [-0.39, 0.29) is 6.54 Å². The van der Waals surface area contributed by atoms with Gasteiger partial charge in [0.25, 0.3) is 5.91 Å². The molecule has 2 aromatic carbocycles. The van der Waals surface area contributed by atoms with Crippen molar-refractivity contribution in [3.8, 4) is 11.5 Å². The molecule has 0 saturated carbocycles. The predicted molar refractivity (Wildman–Crippen MR) is 108 cm³/mol. The Morgan fingerprint density at radius 3 is 2.17 bits per heavy atom. The summed E-state index contributed by atoms with van der Waals surface area (Å²) in [4.78, 5) is 40.3. The number of aryl methyl sites for hydroxylation is 1. The maximum Gasteiger partial charge on any atom is 0.332 e. The summed E-state index contributed by atoms with van der Waals surface area (Å²) in [6.45, 7) is 3.20. The van der Waals surface area contributed by atoms with Crippen molar-refractivity contribution in [2.45, 2.75) is 19.9 Å². The number of benzene rings is 2. The molecular formula is C21H23N3O5. The summed E-state index contributed by atoms with van der Waals surface area (Å²) in [5.41, 5.74) is 2.10. The molecule has 0 aromatic heterocycles. The van der Waals surface area contributed by atoms with E-state index in [0.717, 1.165) is 10.5 Å². The third-order valence-electron chi connectivity index (χ3n) is 4.70. The van der Waals surface area contributed by atoms with Crippen LogP contribution in [0.2, 0.25) is 0 Å². The number of rotatable bonds is 6. The highest BCUT2D eigenvalue weighted by Crippen LogP contribution is 2.27. The molecule has 8 nitrogen and oxygen atoms in total. The maximum absolute atomic E-state index is 12.8. The molecule has 152 valence electrons. The van der Waals surface area contributed by atoms with Gasteiger partial charge in [-0.05, 0) is 26.0 Å². The van der Waals surface area contributed by atoms with Crippen LogP contribution in [0.1, 0.15) is 12.5 Å². The van der Waals surface area contributed by atoms with E-state index in [1.54, 1.807) is 37.3 Å². The first-order valence-corrected chi connectivity index (χ1v) is 9.08. The van der Waals surface area contributed by atoms with E-state index in [1.165, 1.54) is 19.1 Å². The first-order chi connectivity index (χ1) is 13.8.